The molecule has 0 bridgehead atoms. The van der Waals surface area contributed by atoms with E-state index in [0.717, 1.165) is 5.56 Å². The van der Waals surface area contributed by atoms with E-state index in [-0.39, 0.29) is 13.2 Å². The lowest BCUT2D eigenvalue weighted by atomic mass is 10.2. The van der Waals surface area contributed by atoms with Gasteiger partial charge in [-0.3, -0.25) is 0 Å². The number of ether oxygens (including phenoxy) is 2. The molecular weight excluding hydrogens is 258 g/mol. The van der Waals surface area contributed by atoms with Crippen LogP contribution in [0.3, 0.4) is 0 Å². The van der Waals surface area contributed by atoms with Crippen LogP contribution in [0.1, 0.15) is 26.3 Å². The lowest BCUT2D eigenvalue weighted by Gasteiger charge is -2.22. The zero-order chi connectivity index (χ0) is 15.0. The Morgan fingerprint density at radius 2 is 1.95 bits per heavy atom. The first-order valence-electron chi connectivity index (χ1n) is 6.63. The molecule has 112 valence electrons. The monoisotopic (exact) mass is 281 g/mol. The van der Waals surface area contributed by atoms with Gasteiger partial charge < -0.3 is 19.9 Å². The second-order valence-electron chi connectivity index (χ2n) is 5.53. The topological polar surface area (TPSA) is 67.8 Å². The summed E-state index contributed by atoms with van der Waals surface area (Å²) in [6.45, 7) is 5.82. The van der Waals surface area contributed by atoms with Crippen molar-refractivity contribution in [3.05, 3.63) is 35.9 Å². The molecule has 1 aromatic carbocycles. The van der Waals surface area contributed by atoms with Gasteiger partial charge in [0.1, 0.15) is 5.60 Å². The van der Waals surface area contributed by atoms with E-state index in [9.17, 15) is 9.90 Å². The maximum atomic E-state index is 11.6. The number of amides is 1. The Balaban J connectivity index is 2.31. The highest BCUT2D eigenvalue weighted by molar-refractivity contribution is 5.68. The summed E-state index contributed by atoms with van der Waals surface area (Å²) in [5.41, 5.74) is 0.482. The fraction of sp³-hybridized carbons (Fsp3) is 0.533. The SMILES string of the molecule is CC(C)(C)OC(=O)NC(CO)COCc1ccccc1. The van der Waals surface area contributed by atoms with Crippen molar-refractivity contribution in [1.82, 2.24) is 5.32 Å². The van der Waals surface area contributed by atoms with E-state index in [1.807, 2.05) is 30.3 Å². The highest BCUT2D eigenvalue weighted by Crippen LogP contribution is 2.07. The minimum atomic E-state index is -0.561. The van der Waals surface area contributed by atoms with E-state index in [1.165, 1.54) is 0 Å². The minimum Gasteiger partial charge on any atom is -0.444 e. The molecular formula is C15H23NO4. The van der Waals surface area contributed by atoms with Gasteiger partial charge >= 0.3 is 6.09 Å². The molecule has 0 fully saturated rings. The summed E-state index contributed by atoms with van der Waals surface area (Å²) in [4.78, 5) is 11.6. The van der Waals surface area contributed by atoms with Crippen molar-refractivity contribution in [2.75, 3.05) is 13.2 Å². The number of rotatable bonds is 6. The molecule has 0 aliphatic heterocycles. The van der Waals surface area contributed by atoms with Crippen LogP contribution in [-0.2, 0) is 16.1 Å². The van der Waals surface area contributed by atoms with Crippen LogP contribution in [0.15, 0.2) is 30.3 Å². The lowest BCUT2D eigenvalue weighted by molar-refractivity contribution is 0.0367. The minimum absolute atomic E-state index is 0.200. The first kappa shape index (κ1) is 16.5. The molecule has 0 heterocycles. The number of hydrogen-bond donors (Lipinski definition) is 2. The molecule has 0 saturated heterocycles. The zero-order valence-corrected chi connectivity index (χ0v) is 12.3. The fourth-order valence-electron chi connectivity index (χ4n) is 1.51. The Morgan fingerprint density at radius 1 is 1.30 bits per heavy atom. The van der Waals surface area contributed by atoms with Gasteiger partial charge in [-0.25, -0.2) is 4.79 Å². The highest BCUT2D eigenvalue weighted by Gasteiger charge is 2.19. The third-order valence-electron chi connectivity index (χ3n) is 2.37. The summed E-state index contributed by atoms with van der Waals surface area (Å²) in [6.07, 6.45) is -0.556. The van der Waals surface area contributed by atoms with Gasteiger partial charge in [-0.1, -0.05) is 30.3 Å². The summed E-state index contributed by atoms with van der Waals surface area (Å²) < 4.78 is 10.6. The molecule has 5 nitrogen and oxygen atoms in total. The molecule has 1 unspecified atom stereocenters. The second-order valence-corrected chi connectivity index (χ2v) is 5.53. The Labute approximate surface area is 119 Å². The number of carbonyl (C=O) groups is 1. The number of aliphatic hydroxyl groups excluding tert-OH is 1. The zero-order valence-electron chi connectivity index (χ0n) is 12.3. The Kier molecular flexibility index (Phi) is 6.48. The molecule has 0 aliphatic carbocycles. The van der Waals surface area contributed by atoms with Gasteiger partial charge in [0, 0.05) is 0 Å². The maximum absolute atomic E-state index is 11.6. The maximum Gasteiger partial charge on any atom is 0.408 e. The van der Waals surface area contributed by atoms with Crippen LogP contribution in [0.5, 0.6) is 0 Å². The van der Waals surface area contributed by atoms with Crippen molar-refractivity contribution in [1.29, 1.82) is 0 Å². The molecule has 5 heteroatoms. The average molecular weight is 281 g/mol. The summed E-state index contributed by atoms with van der Waals surface area (Å²) >= 11 is 0. The molecule has 1 aromatic rings. The molecule has 0 aliphatic rings. The van der Waals surface area contributed by atoms with Gasteiger partial charge in [0.15, 0.2) is 0 Å². The van der Waals surface area contributed by atoms with E-state index in [0.29, 0.717) is 6.61 Å². The third kappa shape index (κ3) is 7.11. The van der Waals surface area contributed by atoms with Gasteiger partial charge in [-0.05, 0) is 26.3 Å². The van der Waals surface area contributed by atoms with Crippen LogP contribution >= 0.6 is 0 Å². The number of hydrogen-bond acceptors (Lipinski definition) is 4. The Bertz CT molecular complexity index is 400. The van der Waals surface area contributed by atoms with Crippen molar-refractivity contribution >= 4 is 6.09 Å². The van der Waals surface area contributed by atoms with Gasteiger partial charge in [0.05, 0.1) is 25.9 Å². The van der Waals surface area contributed by atoms with E-state index >= 15 is 0 Å². The van der Waals surface area contributed by atoms with Crippen LogP contribution in [0.25, 0.3) is 0 Å². The summed E-state index contributed by atoms with van der Waals surface area (Å²) in [7, 11) is 0. The number of nitrogens with one attached hydrogen (secondary N) is 1. The number of alkyl carbamates (subject to hydrolysis) is 1. The summed E-state index contributed by atoms with van der Waals surface area (Å²) in [6, 6.07) is 9.23. The predicted molar refractivity (Wildman–Crippen MR) is 76.3 cm³/mol. The first-order valence-corrected chi connectivity index (χ1v) is 6.63. The first-order chi connectivity index (χ1) is 9.40. The van der Waals surface area contributed by atoms with E-state index < -0.39 is 17.7 Å². The standard InChI is InChI=1S/C15H23NO4/c1-15(2,3)20-14(18)16-13(9-17)11-19-10-12-7-5-4-6-8-12/h4-8,13,17H,9-11H2,1-3H3,(H,16,18). The normalized spacial score (nSPS) is 12.8. The quantitative estimate of drug-likeness (QED) is 0.838. The van der Waals surface area contributed by atoms with Gasteiger partial charge in [0.2, 0.25) is 0 Å². The molecule has 0 saturated carbocycles. The molecule has 0 radical (unpaired) electrons. The van der Waals surface area contributed by atoms with Crippen LogP contribution in [0.4, 0.5) is 4.79 Å². The highest BCUT2D eigenvalue weighted by atomic mass is 16.6. The van der Waals surface area contributed by atoms with Crippen LogP contribution in [-0.4, -0.2) is 36.1 Å². The summed E-state index contributed by atoms with van der Waals surface area (Å²) in [5, 5.41) is 11.8. The molecule has 20 heavy (non-hydrogen) atoms. The molecule has 1 rings (SSSR count). The molecule has 0 aromatic heterocycles. The van der Waals surface area contributed by atoms with E-state index in [2.05, 4.69) is 5.32 Å². The van der Waals surface area contributed by atoms with Crippen molar-refractivity contribution in [2.24, 2.45) is 0 Å². The van der Waals surface area contributed by atoms with Gasteiger partial charge in [0.25, 0.3) is 0 Å². The average Bonchev–Trinajstić information content (AvgIpc) is 2.36. The van der Waals surface area contributed by atoms with Crippen molar-refractivity contribution < 1.29 is 19.4 Å². The van der Waals surface area contributed by atoms with Crippen molar-refractivity contribution in [3.8, 4) is 0 Å². The Hall–Kier alpha value is -1.59. The van der Waals surface area contributed by atoms with Crippen LogP contribution in [0, 0.1) is 0 Å². The molecule has 1 atom stereocenters. The van der Waals surface area contributed by atoms with Crippen molar-refractivity contribution in [3.63, 3.8) is 0 Å². The third-order valence-corrected chi connectivity index (χ3v) is 2.37. The Morgan fingerprint density at radius 3 is 2.50 bits per heavy atom. The molecule has 0 spiro atoms. The number of aliphatic hydroxyl groups is 1. The van der Waals surface area contributed by atoms with E-state index in [1.54, 1.807) is 20.8 Å². The van der Waals surface area contributed by atoms with E-state index in [4.69, 9.17) is 9.47 Å². The fourth-order valence-corrected chi connectivity index (χ4v) is 1.51. The molecule has 2 N–H and O–H groups in total. The van der Waals surface area contributed by atoms with Crippen LogP contribution < -0.4 is 5.32 Å². The van der Waals surface area contributed by atoms with Crippen molar-refractivity contribution in [2.45, 2.75) is 39.0 Å². The largest absolute Gasteiger partial charge is 0.444 e. The number of benzene rings is 1. The summed E-state index contributed by atoms with van der Waals surface area (Å²) in [5.74, 6) is 0. The number of carbonyl (C=O) groups excluding carboxylic acids is 1. The smallest absolute Gasteiger partial charge is 0.408 e. The van der Waals surface area contributed by atoms with Crippen LogP contribution in [0.2, 0.25) is 0 Å². The second kappa shape index (κ2) is 7.87. The lowest BCUT2D eigenvalue weighted by Crippen LogP contribution is -2.43. The van der Waals surface area contributed by atoms with Gasteiger partial charge in [-0.2, -0.15) is 0 Å². The molecule has 1 amide bonds. The van der Waals surface area contributed by atoms with Gasteiger partial charge in [-0.15, -0.1) is 0 Å². The predicted octanol–water partition coefficient (Wildman–Crippen LogP) is 2.09.